The Bertz CT molecular complexity index is 524. The van der Waals surface area contributed by atoms with Crippen molar-refractivity contribution >= 4 is 17.6 Å². The smallest absolute Gasteiger partial charge is 0.320 e. The van der Waals surface area contributed by atoms with Crippen molar-refractivity contribution < 1.29 is 19.6 Å². The molecule has 1 atom stereocenters. The van der Waals surface area contributed by atoms with E-state index in [1.807, 2.05) is 0 Å². The van der Waals surface area contributed by atoms with Crippen molar-refractivity contribution in [3.05, 3.63) is 22.0 Å². The standard InChI is InChI=1S/C10H14N4O5/c1-6(10(16)17)4-12(2)9(15)8-7(14(18)19)5-13(3)11-8/h5-6H,4H2,1-3H3,(H,16,17). The number of aryl methyl sites for hydroxylation is 1. The van der Waals surface area contributed by atoms with Gasteiger partial charge in [0.2, 0.25) is 5.69 Å². The van der Waals surface area contributed by atoms with Crippen molar-refractivity contribution in [1.82, 2.24) is 14.7 Å². The van der Waals surface area contributed by atoms with E-state index >= 15 is 0 Å². The molecular weight excluding hydrogens is 256 g/mol. The van der Waals surface area contributed by atoms with Gasteiger partial charge in [-0.15, -0.1) is 0 Å². The Balaban J connectivity index is 2.94. The zero-order chi connectivity index (χ0) is 14.7. The van der Waals surface area contributed by atoms with Gasteiger partial charge in [0.15, 0.2) is 0 Å². The van der Waals surface area contributed by atoms with Crippen LogP contribution in [-0.2, 0) is 11.8 Å². The number of carboxylic acid groups (broad SMARTS) is 1. The molecule has 0 saturated heterocycles. The van der Waals surface area contributed by atoms with Crippen LogP contribution in [0.4, 0.5) is 5.69 Å². The number of hydrogen-bond donors (Lipinski definition) is 1. The lowest BCUT2D eigenvalue weighted by Crippen LogP contribution is -2.34. The monoisotopic (exact) mass is 270 g/mol. The second-order valence-corrected chi connectivity index (χ2v) is 4.22. The van der Waals surface area contributed by atoms with Gasteiger partial charge >= 0.3 is 11.7 Å². The third-order valence-corrected chi connectivity index (χ3v) is 2.52. The molecule has 1 aromatic rings. The van der Waals surface area contributed by atoms with Gasteiger partial charge in [0.1, 0.15) is 6.20 Å². The van der Waals surface area contributed by atoms with Crippen LogP contribution in [0.5, 0.6) is 0 Å². The molecule has 1 N–H and O–H groups in total. The Kier molecular flexibility index (Phi) is 4.20. The van der Waals surface area contributed by atoms with E-state index in [2.05, 4.69) is 5.10 Å². The minimum absolute atomic E-state index is 0.0537. The van der Waals surface area contributed by atoms with E-state index in [4.69, 9.17) is 5.11 Å². The van der Waals surface area contributed by atoms with E-state index in [9.17, 15) is 19.7 Å². The first kappa shape index (κ1) is 14.6. The Morgan fingerprint density at radius 2 is 2.21 bits per heavy atom. The number of aliphatic carboxylic acids is 1. The summed E-state index contributed by atoms with van der Waals surface area (Å²) < 4.78 is 1.17. The highest BCUT2D eigenvalue weighted by molar-refractivity contribution is 5.96. The van der Waals surface area contributed by atoms with E-state index in [0.717, 1.165) is 11.1 Å². The normalized spacial score (nSPS) is 11.9. The fraction of sp³-hybridized carbons (Fsp3) is 0.500. The quantitative estimate of drug-likeness (QED) is 0.599. The second-order valence-electron chi connectivity index (χ2n) is 4.22. The van der Waals surface area contributed by atoms with Crippen LogP contribution in [0.1, 0.15) is 17.4 Å². The minimum atomic E-state index is -1.05. The average Bonchev–Trinajstić information content (AvgIpc) is 2.70. The molecule has 0 aromatic carbocycles. The van der Waals surface area contributed by atoms with Crippen LogP contribution in [0.2, 0.25) is 0 Å². The Morgan fingerprint density at radius 1 is 1.63 bits per heavy atom. The van der Waals surface area contributed by atoms with E-state index < -0.39 is 28.4 Å². The maximum atomic E-state index is 12.0. The number of carbonyl (C=O) groups is 2. The maximum absolute atomic E-state index is 12.0. The van der Waals surface area contributed by atoms with Gasteiger partial charge in [-0.3, -0.25) is 24.4 Å². The predicted octanol–water partition coefficient (Wildman–Crippen LogP) is 0.121. The molecular formula is C10H14N4O5. The van der Waals surface area contributed by atoms with Gasteiger partial charge < -0.3 is 10.0 Å². The number of nitro groups is 1. The number of nitrogens with zero attached hydrogens (tertiary/aromatic N) is 4. The van der Waals surface area contributed by atoms with Crippen molar-refractivity contribution in [3.8, 4) is 0 Å². The summed E-state index contributed by atoms with van der Waals surface area (Å²) in [6.07, 6.45) is 1.13. The summed E-state index contributed by atoms with van der Waals surface area (Å²) in [4.78, 5) is 33.9. The molecule has 0 fully saturated rings. The van der Waals surface area contributed by atoms with Gasteiger partial charge in [0.25, 0.3) is 5.91 Å². The number of rotatable bonds is 5. The summed E-state index contributed by atoms with van der Waals surface area (Å²) in [6.45, 7) is 1.39. The lowest BCUT2D eigenvalue weighted by atomic mass is 10.1. The van der Waals surface area contributed by atoms with Crippen LogP contribution >= 0.6 is 0 Å². The molecule has 9 heteroatoms. The third kappa shape index (κ3) is 3.27. The number of carboxylic acids is 1. The van der Waals surface area contributed by atoms with Crippen molar-refractivity contribution in [2.45, 2.75) is 6.92 Å². The predicted molar refractivity (Wildman–Crippen MR) is 63.6 cm³/mol. The van der Waals surface area contributed by atoms with Crippen molar-refractivity contribution in [2.24, 2.45) is 13.0 Å². The van der Waals surface area contributed by atoms with Crippen molar-refractivity contribution in [1.29, 1.82) is 0 Å². The first-order chi connectivity index (χ1) is 8.73. The van der Waals surface area contributed by atoms with Crippen molar-refractivity contribution in [3.63, 3.8) is 0 Å². The SMILES string of the molecule is CC(CN(C)C(=O)c1nn(C)cc1[N+](=O)[O-])C(=O)O. The second kappa shape index (κ2) is 5.46. The Morgan fingerprint density at radius 3 is 2.68 bits per heavy atom. The number of aromatic nitrogens is 2. The van der Waals surface area contributed by atoms with Gasteiger partial charge in [-0.2, -0.15) is 5.10 Å². The molecule has 0 aliphatic rings. The van der Waals surface area contributed by atoms with Gasteiger partial charge in [0.05, 0.1) is 10.8 Å². The van der Waals surface area contributed by atoms with Crippen molar-refractivity contribution in [2.75, 3.05) is 13.6 Å². The summed E-state index contributed by atoms with van der Waals surface area (Å²) in [6, 6.07) is 0. The van der Waals surface area contributed by atoms with Crippen LogP contribution in [0.25, 0.3) is 0 Å². The molecule has 9 nitrogen and oxygen atoms in total. The van der Waals surface area contributed by atoms with Crippen LogP contribution in [0.15, 0.2) is 6.20 Å². The number of carbonyl (C=O) groups excluding carboxylic acids is 1. The molecule has 0 aliphatic heterocycles. The van der Waals surface area contributed by atoms with Crippen LogP contribution in [-0.4, -0.2) is 50.2 Å². The molecule has 0 bridgehead atoms. The van der Waals surface area contributed by atoms with Gasteiger partial charge in [-0.25, -0.2) is 0 Å². The van der Waals surface area contributed by atoms with Crippen LogP contribution < -0.4 is 0 Å². The van der Waals surface area contributed by atoms with Crippen LogP contribution in [0.3, 0.4) is 0 Å². The summed E-state index contributed by atoms with van der Waals surface area (Å²) in [7, 11) is 2.84. The Hall–Kier alpha value is -2.45. The number of amides is 1. The molecule has 0 radical (unpaired) electrons. The molecule has 1 heterocycles. The average molecular weight is 270 g/mol. The van der Waals surface area contributed by atoms with E-state index in [-0.39, 0.29) is 12.2 Å². The van der Waals surface area contributed by atoms with Gasteiger partial charge in [-0.05, 0) is 0 Å². The first-order valence-electron chi connectivity index (χ1n) is 5.40. The maximum Gasteiger partial charge on any atom is 0.320 e. The van der Waals surface area contributed by atoms with E-state index in [0.29, 0.717) is 0 Å². The largest absolute Gasteiger partial charge is 0.481 e. The minimum Gasteiger partial charge on any atom is -0.481 e. The van der Waals surface area contributed by atoms with Gasteiger partial charge in [0, 0.05) is 20.6 Å². The molecule has 0 saturated carbocycles. The fourth-order valence-electron chi connectivity index (χ4n) is 1.51. The van der Waals surface area contributed by atoms with E-state index in [1.54, 1.807) is 0 Å². The number of hydrogen-bond acceptors (Lipinski definition) is 5. The molecule has 1 aromatic heterocycles. The zero-order valence-electron chi connectivity index (χ0n) is 10.7. The summed E-state index contributed by atoms with van der Waals surface area (Å²) >= 11 is 0. The lowest BCUT2D eigenvalue weighted by molar-refractivity contribution is -0.385. The Labute approximate surface area is 108 Å². The molecule has 1 rings (SSSR count). The highest BCUT2D eigenvalue weighted by atomic mass is 16.6. The first-order valence-corrected chi connectivity index (χ1v) is 5.40. The fourth-order valence-corrected chi connectivity index (χ4v) is 1.51. The third-order valence-electron chi connectivity index (χ3n) is 2.52. The summed E-state index contributed by atoms with van der Waals surface area (Å²) in [5.41, 5.74) is -0.699. The van der Waals surface area contributed by atoms with E-state index in [1.165, 1.54) is 25.7 Å². The molecule has 0 spiro atoms. The lowest BCUT2D eigenvalue weighted by Gasteiger charge is -2.17. The highest BCUT2D eigenvalue weighted by Gasteiger charge is 2.28. The summed E-state index contributed by atoms with van der Waals surface area (Å²) in [5.74, 6) is -2.49. The molecule has 1 unspecified atom stereocenters. The molecule has 19 heavy (non-hydrogen) atoms. The van der Waals surface area contributed by atoms with Crippen LogP contribution in [0, 0.1) is 16.0 Å². The molecule has 104 valence electrons. The topological polar surface area (TPSA) is 119 Å². The molecule has 0 aliphatic carbocycles. The zero-order valence-corrected chi connectivity index (χ0v) is 10.7. The highest BCUT2D eigenvalue weighted by Crippen LogP contribution is 2.18. The summed E-state index contributed by atoms with van der Waals surface area (Å²) in [5, 5.41) is 23.3. The molecule has 1 amide bonds. The van der Waals surface area contributed by atoms with Gasteiger partial charge in [-0.1, -0.05) is 6.92 Å².